The molecular weight excluding hydrogens is 190 g/mol. The molecular formula is C12H15NS. The van der Waals surface area contributed by atoms with Crippen molar-refractivity contribution in [2.45, 2.75) is 12.5 Å². The van der Waals surface area contributed by atoms with Crippen LogP contribution in [0.2, 0.25) is 0 Å². The van der Waals surface area contributed by atoms with Crippen LogP contribution in [0.25, 0.3) is 10.1 Å². The lowest BCUT2D eigenvalue weighted by atomic mass is 10.1. The van der Waals surface area contributed by atoms with Crippen molar-refractivity contribution >= 4 is 21.4 Å². The number of fused-ring (bicyclic) bond motifs is 1. The molecule has 1 aromatic heterocycles. The van der Waals surface area contributed by atoms with Crippen LogP contribution in [0.15, 0.2) is 42.3 Å². The molecule has 0 unspecified atom stereocenters. The second-order valence-corrected chi connectivity index (χ2v) is 4.27. The Bertz CT molecular complexity index is 450. The molecule has 14 heavy (non-hydrogen) atoms. The van der Waals surface area contributed by atoms with Crippen molar-refractivity contribution in [1.82, 2.24) is 0 Å². The maximum atomic E-state index is 5.84. The molecule has 1 heterocycles. The topological polar surface area (TPSA) is 26.0 Å². The van der Waals surface area contributed by atoms with E-state index in [0.29, 0.717) is 0 Å². The van der Waals surface area contributed by atoms with E-state index in [1.807, 2.05) is 0 Å². The first-order chi connectivity index (χ1) is 6.81. The third-order valence-electron chi connectivity index (χ3n) is 2.32. The Morgan fingerprint density at radius 2 is 2.29 bits per heavy atom. The molecule has 2 N–H and O–H groups in total. The smallest absolute Gasteiger partial charge is 0.0345 e. The third kappa shape index (κ3) is 1.72. The molecule has 1 atom stereocenters. The molecule has 0 aliphatic heterocycles. The molecule has 0 saturated carbocycles. The van der Waals surface area contributed by atoms with Gasteiger partial charge in [0.1, 0.15) is 0 Å². The van der Waals surface area contributed by atoms with Gasteiger partial charge in [-0.3, -0.25) is 0 Å². The van der Waals surface area contributed by atoms with E-state index >= 15 is 0 Å². The van der Waals surface area contributed by atoms with E-state index in [2.05, 4.69) is 36.2 Å². The van der Waals surface area contributed by atoms with Crippen LogP contribution in [0, 0.1) is 0 Å². The lowest BCUT2D eigenvalue weighted by Gasteiger charge is -2.04. The van der Waals surface area contributed by atoms with Gasteiger partial charge in [0.2, 0.25) is 0 Å². The molecule has 2 rings (SSSR count). The molecule has 74 valence electrons. The van der Waals surface area contributed by atoms with Crippen LogP contribution in [0.1, 0.15) is 6.99 Å². The van der Waals surface area contributed by atoms with E-state index in [0.717, 1.165) is 6.42 Å². The highest BCUT2D eigenvalue weighted by molar-refractivity contribution is 7.17. The second-order valence-electron chi connectivity index (χ2n) is 3.36. The van der Waals surface area contributed by atoms with Gasteiger partial charge in [-0.1, -0.05) is 24.3 Å². The Labute approximate surface area is 89.3 Å². The van der Waals surface area contributed by atoms with Gasteiger partial charge in [-0.2, -0.15) is 0 Å². The molecule has 2 aromatic rings. The van der Waals surface area contributed by atoms with Gasteiger partial charge in [-0.05, 0) is 28.8 Å². The molecule has 1 aromatic carbocycles. The van der Waals surface area contributed by atoms with Crippen molar-refractivity contribution in [2.24, 2.45) is 5.73 Å². The standard InChI is InChI=1S/C12H13NS.H2/c1-2-10(13)7-9-8-14-12-6-4-3-5-11(9)12;/h2-6,8,10H,1,7,13H2;1H/t10-;/m1./s1. The van der Waals surface area contributed by atoms with Crippen molar-refractivity contribution in [3.05, 3.63) is 47.9 Å². The van der Waals surface area contributed by atoms with Crippen LogP contribution >= 0.6 is 11.3 Å². The van der Waals surface area contributed by atoms with E-state index in [-0.39, 0.29) is 7.47 Å². The summed E-state index contributed by atoms with van der Waals surface area (Å²) >= 11 is 1.78. The fourth-order valence-electron chi connectivity index (χ4n) is 1.53. The van der Waals surface area contributed by atoms with Crippen LogP contribution in [0.4, 0.5) is 0 Å². The van der Waals surface area contributed by atoms with E-state index in [4.69, 9.17) is 5.73 Å². The average molecular weight is 205 g/mol. The number of nitrogens with two attached hydrogens (primary N) is 1. The Hall–Kier alpha value is -1.12. The maximum absolute atomic E-state index is 5.84. The van der Waals surface area contributed by atoms with Gasteiger partial charge in [-0.15, -0.1) is 17.9 Å². The van der Waals surface area contributed by atoms with Crippen molar-refractivity contribution in [3.63, 3.8) is 0 Å². The Kier molecular flexibility index (Phi) is 2.66. The number of hydrogen-bond acceptors (Lipinski definition) is 2. The highest BCUT2D eigenvalue weighted by atomic mass is 32.1. The van der Waals surface area contributed by atoms with Crippen LogP contribution in [0.3, 0.4) is 0 Å². The summed E-state index contributed by atoms with van der Waals surface area (Å²) in [7, 11) is 0. The summed E-state index contributed by atoms with van der Waals surface area (Å²) in [6.45, 7) is 3.70. The van der Waals surface area contributed by atoms with E-state index in [1.165, 1.54) is 15.6 Å². The Morgan fingerprint density at radius 3 is 3.07 bits per heavy atom. The molecule has 0 aliphatic carbocycles. The minimum atomic E-state index is 0. The van der Waals surface area contributed by atoms with Crippen LogP contribution in [-0.4, -0.2) is 6.04 Å². The maximum Gasteiger partial charge on any atom is 0.0345 e. The highest BCUT2D eigenvalue weighted by Gasteiger charge is 2.05. The molecule has 2 heteroatoms. The molecule has 0 amide bonds. The third-order valence-corrected chi connectivity index (χ3v) is 3.33. The van der Waals surface area contributed by atoms with Gasteiger partial charge in [0.05, 0.1) is 0 Å². The quantitative estimate of drug-likeness (QED) is 0.765. The minimum absolute atomic E-state index is 0. The largest absolute Gasteiger partial charge is 0.324 e. The van der Waals surface area contributed by atoms with Gasteiger partial charge >= 0.3 is 0 Å². The lowest BCUT2D eigenvalue weighted by molar-refractivity contribution is 0.819. The highest BCUT2D eigenvalue weighted by Crippen LogP contribution is 2.26. The summed E-state index contributed by atoms with van der Waals surface area (Å²) in [6.07, 6.45) is 2.68. The predicted octanol–water partition coefficient (Wildman–Crippen LogP) is 3.20. The van der Waals surface area contributed by atoms with Crippen molar-refractivity contribution in [3.8, 4) is 0 Å². The summed E-state index contributed by atoms with van der Waals surface area (Å²) in [5.74, 6) is 0. The molecule has 0 spiro atoms. The predicted molar refractivity (Wildman–Crippen MR) is 65.8 cm³/mol. The average Bonchev–Trinajstić information content (AvgIpc) is 2.62. The first-order valence-electron chi connectivity index (χ1n) is 4.64. The van der Waals surface area contributed by atoms with Gasteiger partial charge in [0.15, 0.2) is 0 Å². The number of benzene rings is 1. The number of thiophene rings is 1. The summed E-state index contributed by atoms with van der Waals surface area (Å²) < 4.78 is 1.33. The van der Waals surface area contributed by atoms with E-state index in [1.54, 1.807) is 17.4 Å². The first kappa shape index (κ1) is 9.44. The normalized spacial score (nSPS) is 12.9. The van der Waals surface area contributed by atoms with Crippen molar-refractivity contribution in [2.75, 3.05) is 0 Å². The molecule has 0 fully saturated rings. The molecule has 0 bridgehead atoms. The fraction of sp³-hybridized carbons (Fsp3) is 0.167. The SMILES string of the molecule is C=C[C@@H](N)Cc1csc2ccccc12.[HH]. The summed E-state index contributed by atoms with van der Waals surface area (Å²) in [5, 5.41) is 3.52. The summed E-state index contributed by atoms with van der Waals surface area (Å²) in [5.41, 5.74) is 7.17. The monoisotopic (exact) mass is 205 g/mol. The van der Waals surface area contributed by atoms with E-state index < -0.39 is 0 Å². The Balaban J connectivity index is 0.00000112. The van der Waals surface area contributed by atoms with Gasteiger partial charge in [0, 0.05) is 12.2 Å². The fourth-order valence-corrected chi connectivity index (χ4v) is 2.50. The first-order valence-corrected chi connectivity index (χ1v) is 5.52. The molecule has 0 saturated heterocycles. The summed E-state index contributed by atoms with van der Waals surface area (Å²) in [6, 6.07) is 8.49. The zero-order valence-electron chi connectivity index (χ0n) is 7.94. The van der Waals surface area contributed by atoms with Crippen molar-refractivity contribution < 1.29 is 1.43 Å². The zero-order valence-corrected chi connectivity index (χ0v) is 8.76. The van der Waals surface area contributed by atoms with E-state index in [9.17, 15) is 0 Å². The summed E-state index contributed by atoms with van der Waals surface area (Å²) in [4.78, 5) is 0. The zero-order chi connectivity index (χ0) is 9.97. The van der Waals surface area contributed by atoms with Gasteiger partial charge in [0.25, 0.3) is 0 Å². The van der Waals surface area contributed by atoms with Crippen LogP contribution in [0.5, 0.6) is 0 Å². The molecule has 0 radical (unpaired) electrons. The van der Waals surface area contributed by atoms with Gasteiger partial charge in [-0.25, -0.2) is 0 Å². The Morgan fingerprint density at radius 1 is 1.50 bits per heavy atom. The minimum Gasteiger partial charge on any atom is -0.324 e. The van der Waals surface area contributed by atoms with Gasteiger partial charge < -0.3 is 5.73 Å². The lowest BCUT2D eigenvalue weighted by Crippen LogP contribution is -2.18. The molecule has 1 nitrogen and oxygen atoms in total. The molecule has 0 aliphatic rings. The second kappa shape index (κ2) is 3.95. The van der Waals surface area contributed by atoms with Crippen molar-refractivity contribution in [1.29, 1.82) is 0 Å². The van der Waals surface area contributed by atoms with Crippen LogP contribution < -0.4 is 5.73 Å². The van der Waals surface area contributed by atoms with Crippen LogP contribution in [-0.2, 0) is 6.42 Å². The number of rotatable bonds is 3. The number of hydrogen-bond donors (Lipinski definition) is 1.